The highest BCUT2D eigenvalue weighted by atomic mass is 32.2. The van der Waals surface area contributed by atoms with Crippen molar-refractivity contribution in [3.05, 3.63) is 47.5 Å². The maximum atomic E-state index is 12.1. The largest absolute Gasteiger partial charge is 0.457 e. The van der Waals surface area contributed by atoms with Crippen LogP contribution in [0.25, 0.3) is 11.0 Å². The molecule has 1 aromatic heterocycles. The minimum atomic E-state index is -3.28. The van der Waals surface area contributed by atoms with Gasteiger partial charge in [0.1, 0.15) is 22.5 Å². The van der Waals surface area contributed by atoms with Gasteiger partial charge in [0, 0.05) is 12.1 Å². The molecule has 0 saturated heterocycles. The van der Waals surface area contributed by atoms with E-state index >= 15 is 0 Å². The van der Waals surface area contributed by atoms with Gasteiger partial charge in [-0.15, -0.1) is 0 Å². The van der Waals surface area contributed by atoms with Crippen molar-refractivity contribution in [1.29, 1.82) is 0 Å². The second kappa shape index (κ2) is 6.37. The van der Waals surface area contributed by atoms with Crippen LogP contribution in [0.1, 0.15) is 25.0 Å². The molecule has 1 heterocycles. The molecule has 0 fully saturated rings. The Hall–Kier alpha value is -2.45. The van der Waals surface area contributed by atoms with Crippen LogP contribution in [0.3, 0.4) is 0 Å². The van der Waals surface area contributed by atoms with Crippen LogP contribution in [-0.2, 0) is 22.9 Å². The molecule has 26 heavy (non-hydrogen) atoms. The molecule has 2 aromatic carbocycles. The zero-order valence-electron chi connectivity index (χ0n) is 14.5. The molecule has 1 aliphatic rings. The Morgan fingerprint density at radius 3 is 2.54 bits per heavy atom. The second-order valence-corrected chi connectivity index (χ2v) is 9.03. The highest BCUT2D eigenvalue weighted by Crippen LogP contribution is 2.30. The molecule has 3 aromatic rings. The monoisotopic (exact) mass is 373 g/mol. The van der Waals surface area contributed by atoms with E-state index in [1.807, 2.05) is 18.2 Å². The Morgan fingerprint density at radius 1 is 1.04 bits per heavy atom. The fourth-order valence-corrected chi connectivity index (χ4v) is 3.97. The van der Waals surface area contributed by atoms with E-state index in [0.717, 1.165) is 11.1 Å². The Kier molecular flexibility index (Phi) is 4.16. The summed E-state index contributed by atoms with van der Waals surface area (Å²) < 4.78 is 37.5. The van der Waals surface area contributed by atoms with E-state index in [2.05, 4.69) is 19.7 Å². The van der Waals surface area contributed by atoms with Gasteiger partial charge in [0.25, 0.3) is 0 Å². The number of ether oxygens (including phenoxy) is 1. The van der Waals surface area contributed by atoms with Gasteiger partial charge < -0.3 is 4.74 Å². The summed E-state index contributed by atoms with van der Waals surface area (Å²) >= 11 is 0. The van der Waals surface area contributed by atoms with E-state index in [4.69, 9.17) is 4.74 Å². The maximum Gasteiger partial charge on any atom is 0.214 e. The normalized spacial score (nSPS) is 17.0. The van der Waals surface area contributed by atoms with Crippen LogP contribution in [0.4, 0.5) is 0 Å². The average molecular weight is 373 g/mol. The van der Waals surface area contributed by atoms with Crippen molar-refractivity contribution in [2.75, 3.05) is 0 Å². The SMILES string of the molecule is CC(C)S(=O)(=O)N[C@H]1Cc2ccc(Oc3ccc4nonc4c3)cc2C1. The third-order valence-corrected chi connectivity index (χ3v) is 6.43. The number of hydrogen-bond acceptors (Lipinski definition) is 6. The van der Waals surface area contributed by atoms with Crippen molar-refractivity contribution in [3.8, 4) is 11.5 Å². The molecule has 0 aliphatic heterocycles. The van der Waals surface area contributed by atoms with Crippen LogP contribution in [0.15, 0.2) is 41.0 Å². The molecule has 0 radical (unpaired) electrons. The molecular formula is C18H19N3O4S. The summed E-state index contributed by atoms with van der Waals surface area (Å²) in [6.45, 7) is 3.36. The quantitative estimate of drug-likeness (QED) is 0.739. The summed E-state index contributed by atoms with van der Waals surface area (Å²) in [7, 11) is -3.28. The number of rotatable bonds is 5. The highest BCUT2D eigenvalue weighted by Gasteiger charge is 2.27. The molecule has 7 nitrogen and oxygen atoms in total. The summed E-state index contributed by atoms with van der Waals surface area (Å²) in [5, 5.41) is 7.13. The first kappa shape index (κ1) is 17.0. The van der Waals surface area contributed by atoms with Crippen molar-refractivity contribution in [2.45, 2.75) is 38.0 Å². The molecule has 0 unspecified atom stereocenters. The number of aromatic nitrogens is 2. The topological polar surface area (TPSA) is 94.3 Å². The zero-order chi connectivity index (χ0) is 18.3. The molecule has 1 atom stereocenters. The summed E-state index contributed by atoms with van der Waals surface area (Å²) in [5.41, 5.74) is 3.55. The number of nitrogens with zero attached hydrogens (tertiary/aromatic N) is 2. The van der Waals surface area contributed by atoms with Crippen LogP contribution < -0.4 is 9.46 Å². The molecule has 0 bridgehead atoms. The van der Waals surface area contributed by atoms with Crippen molar-refractivity contribution in [3.63, 3.8) is 0 Å². The average Bonchev–Trinajstić information content (AvgIpc) is 3.19. The number of sulfonamides is 1. The number of benzene rings is 2. The molecule has 0 spiro atoms. The van der Waals surface area contributed by atoms with Gasteiger partial charge in [-0.05, 0) is 72.4 Å². The lowest BCUT2D eigenvalue weighted by Gasteiger charge is -2.14. The van der Waals surface area contributed by atoms with Crippen molar-refractivity contribution < 1.29 is 17.8 Å². The molecule has 1 aliphatic carbocycles. The Bertz CT molecular complexity index is 1060. The van der Waals surface area contributed by atoms with E-state index in [1.54, 1.807) is 32.0 Å². The molecule has 1 N–H and O–H groups in total. The van der Waals surface area contributed by atoms with E-state index in [0.29, 0.717) is 35.4 Å². The van der Waals surface area contributed by atoms with Gasteiger partial charge in [-0.1, -0.05) is 6.07 Å². The van der Waals surface area contributed by atoms with Crippen molar-refractivity contribution in [2.24, 2.45) is 0 Å². The van der Waals surface area contributed by atoms with Crippen LogP contribution in [0.5, 0.6) is 11.5 Å². The predicted molar refractivity (Wildman–Crippen MR) is 96.7 cm³/mol. The van der Waals surface area contributed by atoms with E-state index < -0.39 is 15.3 Å². The van der Waals surface area contributed by atoms with E-state index in [1.165, 1.54) is 0 Å². The van der Waals surface area contributed by atoms with E-state index in [-0.39, 0.29) is 6.04 Å². The van der Waals surface area contributed by atoms with Gasteiger partial charge >= 0.3 is 0 Å². The summed E-state index contributed by atoms with van der Waals surface area (Å²) in [5.74, 6) is 1.34. The van der Waals surface area contributed by atoms with E-state index in [9.17, 15) is 8.42 Å². The maximum absolute atomic E-state index is 12.1. The molecule has 8 heteroatoms. The molecular weight excluding hydrogens is 354 g/mol. The highest BCUT2D eigenvalue weighted by molar-refractivity contribution is 7.90. The molecule has 0 saturated carbocycles. The lowest BCUT2D eigenvalue weighted by molar-refractivity contribution is 0.315. The Labute approximate surface area is 151 Å². The summed E-state index contributed by atoms with van der Waals surface area (Å²) in [6.07, 6.45) is 1.35. The second-order valence-electron chi connectivity index (χ2n) is 6.76. The first-order valence-corrected chi connectivity index (χ1v) is 9.98. The van der Waals surface area contributed by atoms with Crippen LogP contribution in [-0.4, -0.2) is 30.0 Å². The Morgan fingerprint density at radius 2 is 1.73 bits per heavy atom. The lowest BCUT2D eigenvalue weighted by Crippen LogP contribution is -2.39. The van der Waals surface area contributed by atoms with Crippen LogP contribution in [0, 0.1) is 0 Å². The zero-order valence-corrected chi connectivity index (χ0v) is 15.3. The third kappa shape index (κ3) is 3.30. The van der Waals surface area contributed by atoms with Gasteiger partial charge in [-0.3, -0.25) is 0 Å². The number of hydrogen-bond donors (Lipinski definition) is 1. The van der Waals surface area contributed by atoms with Gasteiger partial charge in [-0.2, -0.15) is 0 Å². The Balaban J connectivity index is 1.50. The minimum Gasteiger partial charge on any atom is -0.457 e. The summed E-state index contributed by atoms with van der Waals surface area (Å²) in [6, 6.07) is 11.1. The van der Waals surface area contributed by atoms with Crippen LogP contribution in [0.2, 0.25) is 0 Å². The van der Waals surface area contributed by atoms with Gasteiger partial charge in [0.05, 0.1) is 5.25 Å². The van der Waals surface area contributed by atoms with Gasteiger partial charge in [0.15, 0.2) is 0 Å². The van der Waals surface area contributed by atoms with Gasteiger partial charge in [-0.25, -0.2) is 17.8 Å². The minimum absolute atomic E-state index is 0.106. The molecule has 136 valence electrons. The summed E-state index contributed by atoms with van der Waals surface area (Å²) in [4.78, 5) is 0. The fraction of sp³-hybridized carbons (Fsp3) is 0.333. The molecule has 0 amide bonds. The fourth-order valence-electron chi connectivity index (χ4n) is 3.07. The van der Waals surface area contributed by atoms with Crippen molar-refractivity contribution >= 4 is 21.1 Å². The lowest BCUT2D eigenvalue weighted by atomic mass is 10.1. The van der Waals surface area contributed by atoms with Crippen molar-refractivity contribution in [1.82, 2.24) is 15.0 Å². The first-order valence-electron chi connectivity index (χ1n) is 8.44. The number of nitrogens with one attached hydrogen (secondary N) is 1. The predicted octanol–water partition coefficient (Wildman–Crippen LogP) is 2.81. The van der Waals surface area contributed by atoms with Gasteiger partial charge in [0.2, 0.25) is 10.0 Å². The number of fused-ring (bicyclic) bond motifs is 2. The van der Waals surface area contributed by atoms with Crippen LogP contribution >= 0.6 is 0 Å². The first-order chi connectivity index (χ1) is 12.4. The smallest absolute Gasteiger partial charge is 0.214 e. The standard InChI is InChI=1S/C18H19N3O4S/c1-11(2)26(22,23)21-14-7-12-3-4-15(9-13(12)8-14)24-16-5-6-17-18(10-16)20-25-19-17/h3-6,9-11,14,21H,7-8H2,1-2H3/t14-/m0/s1. The third-order valence-electron chi connectivity index (χ3n) is 4.52. The molecule has 4 rings (SSSR count).